The van der Waals surface area contributed by atoms with Crippen molar-refractivity contribution in [3.05, 3.63) is 45.6 Å². The summed E-state index contributed by atoms with van der Waals surface area (Å²) in [5.41, 5.74) is 0.864. The first-order chi connectivity index (χ1) is 12.0. The van der Waals surface area contributed by atoms with Crippen LogP contribution in [0.4, 0.5) is 0 Å². The lowest BCUT2D eigenvalue weighted by Gasteiger charge is -2.12. The molecule has 134 valence electrons. The van der Waals surface area contributed by atoms with E-state index in [4.69, 9.17) is 14.6 Å². The van der Waals surface area contributed by atoms with Gasteiger partial charge in [-0.15, -0.1) is 11.3 Å². The van der Waals surface area contributed by atoms with Crippen molar-refractivity contribution in [1.82, 2.24) is 5.32 Å². The fraction of sp³-hybridized carbons (Fsp3) is 0.333. The summed E-state index contributed by atoms with van der Waals surface area (Å²) in [6, 6.07) is 8.44. The molecule has 1 aromatic carbocycles. The number of thiophene rings is 1. The smallest absolute Gasteiger partial charge is 0.345 e. The highest BCUT2D eigenvalue weighted by atomic mass is 32.1. The molecule has 0 atom stereocenters. The number of hydrogen-bond donors (Lipinski definition) is 2. The van der Waals surface area contributed by atoms with E-state index in [-0.39, 0.29) is 10.8 Å². The molecule has 0 radical (unpaired) electrons. The molecule has 0 spiro atoms. The van der Waals surface area contributed by atoms with Gasteiger partial charge in [-0.3, -0.25) is 4.79 Å². The molecule has 2 N–H and O–H groups in total. The summed E-state index contributed by atoms with van der Waals surface area (Å²) in [7, 11) is 1.57. The quantitative estimate of drug-likeness (QED) is 0.666. The van der Waals surface area contributed by atoms with Gasteiger partial charge in [0.05, 0.1) is 18.6 Å². The number of hydrogen-bond acceptors (Lipinski definition) is 5. The number of carboxylic acids is 1. The van der Waals surface area contributed by atoms with Gasteiger partial charge >= 0.3 is 5.97 Å². The van der Waals surface area contributed by atoms with E-state index >= 15 is 0 Å². The number of carbonyl (C=O) groups is 2. The summed E-state index contributed by atoms with van der Waals surface area (Å²) in [6.45, 7) is 3.04. The Morgan fingerprint density at radius 2 is 1.92 bits per heavy atom. The number of nitrogens with one attached hydrogen (secondary N) is 1. The number of benzene rings is 1. The van der Waals surface area contributed by atoms with Crippen molar-refractivity contribution < 1.29 is 24.2 Å². The van der Waals surface area contributed by atoms with E-state index in [0.29, 0.717) is 29.5 Å². The maximum Gasteiger partial charge on any atom is 0.345 e. The van der Waals surface area contributed by atoms with Gasteiger partial charge in [0.25, 0.3) is 5.91 Å². The minimum atomic E-state index is -1.03. The van der Waals surface area contributed by atoms with Crippen LogP contribution in [0, 0.1) is 0 Å². The minimum Gasteiger partial charge on any atom is -0.493 e. The number of amides is 1. The molecule has 0 unspecified atom stereocenters. The maximum absolute atomic E-state index is 12.1. The van der Waals surface area contributed by atoms with Crippen LogP contribution >= 0.6 is 11.3 Å². The van der Waals surface area contributed by atoms with E-state index in [1.807, 2.05) is 18.2 Å². The molecule has 0 saturated heterocycles. The van der Waals surface area contributed by atoms with Crippen molar-refractivity contribution in [2.45, 2.75) is 26.3 Å². The van der Waals surface area contributed by atoms with Crippen molar-refractivity contribution in [1.29, 1.82) is 0 Å². The second kappa shape index (κ2) is 9.08. The second-order valence-electron chi connectivity index (χ2n) is 5.34. The van der Waals surface area contributed by atoms with Crippen LogP contribution in [0.2, 0.25) is 0 Å². The SMILES string of the molecule is CCCCOc1ccc(CNC(=O)c2ccc(C(=O)O)s2)cc1OC. The van der Waals surface area contributed by atoms with E-state index in [1.54, 1.807) is 7.11 Å². The first-order valence-corrected chi connectivity index (χ1v) is 8.77. The highest BCUT2D eigenvalue weighted by Crippen LogP contribution is 2.28. The summed E-state index contributed by atoms with van der Waals surface area (Å²) >= 11 is 0.949. The number of unbranched alkanes of at least 4 members (excludes halogenated alkanes) is 1. The van der Waals surface area contributed by atoms with Crippen LogP contribution in [0.5, 0.6) is 11.5 Å². The van der Waals surface area contributed by atoms with Gasteiger partial charge in [-0.05, 0) is 36.2 Å². The number of carboxylic acid groups (broad SMARTS) is 1. The van der Waals surface area contributed by atoms with Crippen LogP contribution in [-0.2, 0) is 6.54 Å². The normalized spacial score (nSPS) is 10.3. The molecule has 1 heterocycles. The highest BCUT2D eigenvalue weighted by molar-refractivity contribution is 7.15. The molecule has 6 nitrogen and oxygen atoms in total. The third-order valence-electron chi connectivity index (χ3n) is 3.48. The Labute approximate surface area is 150 Å². The Morgan fingerprint density at radius 1 is 1.16 bits per heavy atom. The van der Waals surface area contributed by atoms with Gasteiger partial charge in [-0.2, -0.15) is 0 Å². The molecule has 2 aromatic rings. The summed E-state index contributed by atoms with van der Waals surface area (Å²) < 4.78 is 11.0. The first-order valence-electron chi connectivity index (χ1n) is 7.96. The number of carbonyl (C=O) groups excluding carboxylic acids is 1. The van der Waals surface area contributed by atoms with Crippen LogP contribution in [0.25, 0.3) is 0 Å². The average Bonchev–Trinajstić information content (AvgIpc) is 3.11. The Kier molecular flexibility index (Phi) is 6.82. The molecule has 0 bridgehead atoms. The molecule has 2 rings (SSSR count). The van der Waals surface area contributed by atoms with Gasteiger partial charge in [-0.25, -0.2) is 4.79 Å². The Bertz CT molecular complexity index is 741. The third-order valence-corrected chi connectivity index (χ3v) is 4.55. The van der Waals surface area contributed by atoms with Crippen LogP contribution < -0.4 is 14.8 Å². The van der Waals surface area contributed by atoms with Crippen molar-refractivity contribution in [2.75, 3.05) is 13.7 Å². The highest BCUT2D eigenvalue weighted by Gasteiger charge is 2.13. The minimum absolute atomic E-state index is 0.139. The van der Waals surface area contributed by atoms with Crippen molar-refractivity contribution in [2.24, 2.45) is 0 Å². The van der Waals surface area contributed by atoms with Crippen molar-refractivity contribution in [3.8, 4) is 11.5 Å². The lowest BCUT2D eigenvalue weighted by molar-refractivity contribution is 0.0702. The predicted octanol–water partition coefficient (Wildman–Crippen LogP) is 3.56. The number of ether oxygens (including phenoxy) is 2. The van der Waals surface area contributed by atoms with E-state index in [2.05, 4.69) is 12.2 Å². The molecule has 1 amide bonds. The molecule has 0 aliphatic carbocycles. The van der Waals surface area contributed by atoms with Gasteiger partial charge in [-0.1, -0.05) is 19.4 Å². The average molecular weight is 363 g/mol. The van der Waals surface area contributed by atoms with Gasteiger partial charge in [0.15, 0.2) is 11.5 Å². The monoisotopic (exact) mass is 363 g/mol. The molecular formula is C18H21NO5S. The summed E-state index contributed by atoms with van der Waals surface area (Å²) in [5, 5.41) is 11.7. The Morgan fingerprint density at radius 3 is 2.56 bits per heavy atom. The molecule has 7 heteroatoms. The zero-order valence-corrected chi connectivity index (χ0v) is 15.0. The Hall–Kier alpha value is -2.54. The van der Waals surface area contributed by atoms with Gasteiger partial charge in [0.1, 0.15) is 4.88 Å². The number of aromatic carboxylic acids is 1. The van der Waals surface area contributed by atoms with Crippen LogP contribution in [0.3, 0.4) is 0 Å². The van der Waals surface area contributed by atoms with Crippen LogP contribution in [0.15, 0.2) is 30.3 Å². The Balaban J connectivity index is 1.97. The van der Waals surface area contributed by atoms with Gasteiger partial charge in [0, 0.05) is 6.54 Å². The second-order valence-corrected chi connectivity index (χ2v) is 6.42. The lowest BCUT2D eigenvalue weighted by Crippen LogP contribution is -2.21. The maximum atomic E-state index is 12.1. The molecule has 0 saturated carbocycles. The standard InChI is InChI=1S/C18H21NO5S/c1-3-4-9-24-13-6-5-12(10-14(13)23-2)11-19-17(20)15-7-8-16(25-15)18(21)22/h5-8,10H,3-4,9,11H2,1-2H3,(H,19,20)(H,21,22). The van der Waals surface area contributed by atoms with E-state index in [9.17, 15) is 9.59 Å². The topological polar surface area (TPSA) is 84.9 Å². The number of rotatable bonds is 9. The van der Waals surface area contributed by atoms with E-state index in [1.165, 1.54) is 12.1 Å². The molecule has 25 heavy (non-hydrogen) atoms. The van der Waals surface area contributed by atoms with Gasteiger partial charge in [0.2, 0.25) is 0 Å². The zero-order chi connectivity index (χ0) is 18.2. The molecule has 0 aliphatic heterocycles. The molecule has 0 aliphatic rings. The first kappa shape index (κ1) is 18.8. The van der Waals surface area contributed by atoms with E-state index in [0.717, 1.165) is 29.7 Å². The molecule has 0 fully saturated rings. The fourth-order valence-electron chi connectivity index (χ4n) is 2.11. The molecular weight excluding hydrogens is 342 g/mol. The van der Waals surface area contributed by atoms with Crippen molar-refractivity contribution in [3.63, 3.8) is 0 Å². The van der Waals surface area contributed by atoms with E-state index < -0.39 is 5.97 Å². The lowest BCUT2D eigenvalue weighted by atomic mass is 10.2. The van der Waals surface area contributed by atoms with Crippen molar-refractivity contribution >= 4 is 23.2 Å². The predicted molar refractivity (Wildman–Crippen MR) is 95.8 cm³/mol. The third kappa shape index (κ3) is 5.22. The van der Waals surface area contributed by atoms with Gasteiger partial charge < -0.3 is 19.9 Å². The summed E-state index contributed by atoms with van der Waals surface area (Å²) in [6.07, 6.45) is 2.03. The number of methoxy groups -OCH3 is 1. The molecule has 1 aromatic heterocycles. The largest absolute Gasteiger partial charge is 0.493 e. The summed E-state index contributed by atoms with van der Waals surface area (Å²) in [4.78, 5) is 23.5. The fourth-order valence-corrected chi connectivity index (χ4v) is 2.87. The van der Waals surface area contributed by atoms with Crippen LogP contribution in [-0.4, -0.2) is 30.7 Å². The zero-order valence-electron chi connectivity index (χ0n) is 14.2. The summed E-state index contributed by atoms with van der Waals surface area (Å²) in [5.74, 6) is -0.0466. The van der Waals surface area contributed by atoms with Crippen LogP contribution in [0.1, 0.15) is 44.7 Å².